The first kappa shape index (κ1) is 15.3. The summed E-state index contributed by atoms with van der Waals surface area (Å²) in [6.45, 7) is 14.7. The smallest absolute Gasteiger partial charge is 0.0110 e. The molecule has 112 valence electrons. The molecule has 0 aromatic carbocycles. The van der Waals surface area contributed by atoms with Crippen LogP contribution >= 0.6 is 0 Å². The number of rotatable bonds is 4. The Hall–Kier alpha value is -0.120. The fourth-order valence-corrected chi connectivity index (χ4v) is 4.14. The number of likely N-dealkylation sites (N-methyl/N-ethyl adjacent to an activating group) is 1. The largest absolute Gasteiger partial charge is 0.317 e. The summed E-state index contributed by atoms with van der Waals surface area (Å²) < 4.78 is 0. The van der Waals surface area contributed by atoms with Gasteiger partial charge in [0.15, 0.2) is 0 Å². The lowest BCUT2D eigenvalue weighted by Gasteiger charge is -2.43. The normalized spacial score (nSPS) is 38.5. The summed E-state index contributed by atoms with van der Waals surface area (Å²) in [6.07, 6.45) is 2.78. The molecule has 1 N–H and O–H groups in total. The van der Waals surface area contributed by atoms with Crippen LogP contribution < -0.4 is 5.32 Å². The molecule has 0 amide bonds. The van der Waals surface area contributed by atoms with Gasteiger partial charge in [-0.05, 0) is 44.2 Å². The van der Waals surface area contributed by atoms with E-state index in [1.807, 2.05) is 0 Å². The Morgan fingerprint density at radius 3 is 2.21 bits per heavy atom. The summed E-state index contributed by atoms with van der Waals surface area (Å²) in [6, 6.07) is 0.725. The maximum Gasteiger partial charge on any atom is 0.0110 e. The second-order valence-corrected chi connectivity index (χ2v) is 6.85. The monoisotopic (exact) mass is 267 g/mol. The minimum Gasteiger partial charge on any atom is -0.317 e. The van der Waals surface area contributed by atoms with E-state index in [1.54, 1.807) is 0 Å². The Balaban J connectivity index is 1.86. The van der Waals surface area contributed by atoms with Crippen molar-refractivity contribution in [2.24, 2.45) is 17.8 Å². The average molecular weight is 267 g/mol. The molecule has 0 bridgehead atoms. The highest BCUT2D eigenvalue weighted by Crippen LogP contribution is 2.34. The Labute approximate surface area is 119 Å². The van der Waals surface area contributed by atoms with E-state index < -0.39 is 0 Å². The first-order valence-electron chi connectivity index (χ1n) is 8.26. The highest BCUT2D eigenvalue weighted by atomic mass is 15.3. The van der Waals surface area contributed by atoms with Crippen molar-refractivity contribution in [3.8, 4) is 0 Å². The number of nitrogens with one attached hydrogen (secondary N) is 1. The fraction of sp³-hybridized carbons (Fsp3) is 1.00. The minimum absolute atomic E-state index is 0.725. The lowest BCUT2D eigenvalue weighted by Crippen LogP contribution is -2.52. The van der Waals surface area contributed by atoms with Gasteiger partial charge >= 0.3 is 0 Å². The van der Waals surface area contributed by atoms with Gasteiger partial charge in [-0.25, -0.2) is 0 Å². The Bertz CT molecular complexity index is 261. The van der Waals surface area contributed by atoms with E-state index >= 15 is 0 Å². The maximum absolute atomic E-state index is 3.59. The summed E-state index contributed by atoms with van der Waals surface area (Å²) >= 11 is 0. The average Bonchev–Trinajstić information content (AvgIpc) is 2.42. The standard InChI is InChI=1S/C16H33N3/c1-5-18-6-8-19(9-7-18)12-15-14(3)10-13(2)11-16(15)17-4/h13-17H,5-12H2,1-4H3. The van der Waals surface area contributed by atoms with E-state index in [9.17, 15) is 0 Å². The van der Waals surface area contributed by atoms with E-state index in [0.717, 1.165) is 23.8 Å². The summed E-state index contributed by atoms with van der Waals surface area (Å²) in [5, 5.41) is 3.59. The van der Waals surface area contributed by atoms with Crippen LogP contribution in [0.4, 0.5) is 0 Å². The van der Waals surface area contributed by atoms with Crippen molar-refractivity contribution in [3.63, 3.8) is 0 Å². The molecule has 0 spiro atoms. The molecule has 2 aliphatic rings. The molecular weight excluding hydrogens is 234 g/mol. The number of nitrogens with zero attached hydrogens (tertiary/aromatic N) is 2. The first-order valence-corrected chi connectivity index (χ1v) is 8.26. The van der Waals surface area contributed by atoms with E-state index in [1.165, 1.54) is 52.1 Å². The third kappa shape index (κ3) is 3.93. The van der Waals surface area contributed by atoms with E-state index in [2.05, 4.69) is 42.9 Å². The molecule has 4 unspecified atom stereocenters. The molecule has 4 atom stereocenters. The van der Waals surface area contributed by atoms with Crippen molar-refractivity contribution in [2.45, 2.75) is 39.7 Å². The van der Waals surface area contributed by atoms with Gasteiger partial charge in [-0.1, -0.05) is 20.8 Å². The van der Waals surface area contributed by atoms with Crippen LogP contribution in [0.15, 0.2) is 0 Å². The zero-order valence-corrected chi connectivity index (χ0v) is 13.4. The summed E-state index contributed by atoms with van der Waals surface area (Å²) in [5.74, 6) is 2.60. The van der Waals surface area contributed by atoms with Crippen LogP contribution in [0, 0.1) is 17.8 Å². The van der Waals surface area contributed by atoms with Crippen LogP contribution in [0.25, 0.3) is 0 Å². The molecule has 1 aliphatic heterocycles. The number of piperazine rings is 1. The van der Waals surface area contributed by atoms with Crippen molar-refractivity contribution >= 4 is 0 Å². The molecule has 1 saturated carbocycles. The first-order chi connectivity index (χ1) is 9.13. The van der Waals surface area contributed by atoms with E-state index in [0.29, 0.717) is 0 Å². The predicted molar refractivity (Wildman–Crippen MR) is 82.5 cm³/mol. The van der Waals surface area contributed by atoms with E-state index in [-0.39, 0.29) is 0 Å². The van der Waals surface area contributed by atoms with Gasteiger partial charge in [0.1, 0.15) is 0 Å². The maximum atomic E-state index is 3.59. The van der Waals surface area contributed by atoms with Gasteiger partial charge in [0.2, 0.25) is 0 Å². The van der Waals surface area contributed by atoms with Gasteiger partial charge in [-0.3, -0.25) is 0 Å². The molecular formula is C16H33N3. The summed E-state index contributed by atoms with van der Waals surface area (Å²) in [4.78, 5) is 5.27. The third-order valence-corrected chi connectivity index (χ3v) is 5.43. The Morgan fingerprint density at radius 2 is 1.63 bits per heavy atom. The molecule has 2 rings (SSSR count). The van der Waals surface area contributed by atoms with Crippen LogP contribution in [0.5, 0.6) is 0 Å². The molecule has 1 aliphatic carbocycles. The highest BCUT2D eigenvalue weighted by Gasteiger charge is 2.34. The molecule has 1 heterocycles. The Kier molecular flexibility index (Phi) is 5.67. The van der Waals surface area contributed by atoms with Gasteiger partial charge in [0, 0.05) is 38.8 Å². The molecule has 0 aromatic rings. The van der Waals surface area contributed by atoms with Gasteiger partial charge in [0.05, 0.1) is 0 Å². The lowest BCUT2D eigenvalue weighted by atomic mass is 9.72. The molecule has 1 saturated heterocycles. The Morgan fingerprint density at radius 1 is 1.00 bits per heavy atom. The van der Waals surface area contributed by atoms with Crippen molar-refractivity contribution in [1.29, 1.82) is 0 Å². The molecule has 3 nitrogen and oxygen atoms in total. The van der Waals surface area contributed by atoms with Crippen LogP contribution in [-0.4, -0.2) is 62.2 Å². The second-order valence-electron chi connectivity index (χ2n) is 6.85. The van der Waals surface area contributed by atoms with Gasteiger partial charge in [-0.2, -0.15) is 0 Å². The third-order valence-electron chi connectivity index (χ3n) is 5.43. The van der Waals surface area contributed by atoms with Gasteiger partial charge in [0.25, 0.3) is 0 Å². The second kappa shape index (κ2) is 7.05. The van der Waals surface area contributed by atoms with Gasteiger partial charge < -0.3 is 15.1 Å². The van der Waals surface area contributed by atoms with Crippen LogP contribution in [0.1, 0.15) is 33.6 Å². The predicted octanol–water partition coefficient (Wildman–Crippen LogP) is 1.89. The van der Waals surface area contributed by atoms with Crippen LogP contribution in [0.2, 0.25) is 0 Å². The summed E-state index contributed by atoms with van der Waals surface area (Å²) in [5.41, 5.74) is 0. The topological polar surface area (TPSA) is 18.5 Å². The summed E-state index contributed by atoms with van der Waals surface area (Å²) in [7, 11) is 2.15. The molecule has 2 fully saturated rings. The zero-order valence-electron chi connectivity index (χ0n) is 13.4. The zero-order chi connectivity index (χ0) is 13.8. The quantitative estimate of drug-likeness (QED) is 0.839. The number of hydrogen-bond donors (Lipinski definition) is 1. The number of hydrogen-bond acceptors (Lipinski definition) is 3. The van der Waals surface area contributed by atoms with Crippen molar-refractivity contribution < 1.29 is 0 Å². The van der Waals surface area contributed by atoms with Crippen LogP contribution in [-0.2, 0) is 0 Å². The minimum atomic E-state index is 0.725. The van der Waals surface area contributed by atoms with Crippen molar-refractivity contribution in [1.82, 2.24) is 15.1 Å². The molecule has 3 heteroatoms. The fourth-order valence-electron chi connectivity index (χ4n) is 4.14. The van der Waals surface area contributed by atoms with E-state index in [4.69, 9.17) is 0 Å². The van der Waals surface area contributed by atoms with Crippen molar-refractivity contribution in [3.05, 3.63) is 0 Å². The van der Waals surface area contributed by atoms with Crippen molar-refractivity contribution in [2.75, 3.05) is 46.3 Å². The molecule has 0 aromatic heterocycles. The SMILES string of the molecule is CCN1CCN(CC2C(C)CC(C)CC2NC)CC1. The van der Waals surface area contributed by atoms with Crippen LogP contribution in [0.3, 0.4) is 0 Å². The molecule has 0 radical (unpaired) electrons. The lowest BCUT2D eigenvalue weighted by molar-refractivity contribution is 0.0717. The molecule has 19 heavy (non-hydrogen) atoms. The highest BCUT2D eigenvalue weighted by molar-refractivity contribution is 4.89. The van der Waals surface area contributed by atoms with Gasteiger partial charge in [-0.15, -0.1) is 0 Å².